The topological polar surface area (TPSA) is 52.6 Å². The highest BCUT2D eigenvalue weighted by atomic mass is 16.7. The van der Waals surface area contributed by atoms with Crippen LogP contribution in [0.1, 0.15) is 32.6 Å². The van der Waals surface area contributed by atoms with Gasteiger partial charge in [-0.15, -0.1) is 0 Å². The molecule has 0 N–H and O–H groups in total. The van der Waals surface area contributed by atoms with E-state index in [4.69, 9.17) is 9.47 Å². The first-order chi connectivity index (χ1) is 6.10. The molecule has 0 aromatic rings. The van der Waals surface area contributed by atoms with Crippen LogP contribution >= 0.6 is 0 Å². The predicted octanol–water partition coefficient (Wildman–Crippen LogP) is 0.993. The first-order valence-corrected chi connectivity index (χ1v) is 4.53. The first kappa shape index (κ1) is 8.53. The van der Waals surface area contributed by atoms with Gasteiger partial charge in [0.15, 0.2) is 0 Å². The van der Waals surface area contributed by atoms with E-state index in [0.717, 1.165) is 6.42 Å². The second-order valence-electron chi connectivity index (χ2n) is 3.88. The third-order valence-corrected chi connectivity index (χ3v) is 2.57. The molecule has 2 aliphatic rings. The van der Waals surface area contributed by atoms with E-state index in [1.807, 2.05) is 0 Å². The van der Waals surface area contributed by atoms with E-state index in [2.05, 4.69) is 6.92 Å². The Morgan fingerprint density at radius 2 is 1.92 bits per heavy atom. The van der Waals surface area contributed by atoms with E-state index in [9.17, 15) is 9.59 Å². The fourth-order valence-corrected chi connectivity index (χ4v) is 2.01. The van der Waals surface area contributed by atoms with Gasteiger partial charge >= 0.3 is 11.9 Å². The molecule has 0 aromatic heterocycles. The molecule has 1 aliphatic carbocycles. The van der Waals surface area contributed by atoms with Crippen LogP contribution in [0.15, 0.2) is 0 Å². The number of rotatable bonds is 0. The van der Waals surface area contributed by atoms with Crippen LogP contribution in [0.25, 0.3) is 0 Å². The van der Waals surface area contributed by atoms with E-state index in [1.165, 1.54) is 0 Å². The Morgan fingerprint density at radius 1 is 1.31 bits per heavy atom. The molecule has 1 unspecified atom stereocenters. The normalized spacial score (nSPS) is 31.6. The van der Waals surface area contributed by atoms with Gasteiger partial charge in [0.1, 0.15) is 6.42 Å². The second kappa shape index (κ2) is 2.72. The van der Waals surface area contributed by atoms with E-state index in [-0.39, 0.29) is 6.42 Å². The average molecular weight is 184 g/mol. The molecule has 13 heavy (non-hydrogen) atoms. The maximum atomic E-state index is 11.0. The minimum atomic E-state index is -0.911. The van der Waals surface area contributed by atoms with Crippen LogP contribution < -0.4 is 0 Å². The summed E-state index contributed by atoms with van der Waals surface area (Å²) in [6.45, 7) is 2.06. The van der Waals surface area contributed by atoms with Crippen molar-refractivity contribution < 1.29 is 19.1 Å². The van der Waals surface area contributed by atoms with E-state index < -0.39 is 17.7 Å². The SMILES string of the molecule is CC1CCC2(C1)OC(=O)CC(=O)O2. The van der Waals surface area contributed by atoms with Crippen LogP contribution in [-0.4, -0.2) is 17.7 Å². The minimum absolute atomic E-state index is 0.240. The standard InChI is InChI=1S/C9H12O4/c1-6-2-3-9(5-6)12-7(10)4-8(11)13-9/h6H,2-5H2,1H3. The van der Waals surface area contributed by atoms with Gasteiger partial charge < -0.3 is 9.47 Å². The summed E-state index contributed by atoms with van der Waals surface area (Å²) in [6.07, 6.45) is 1.99. The predicted molar refractivity (Wildman–Crippen MR) is 42.5 cm³/mol. The van der Waals surface area contributed by atoms with Gasteiger partial charge in [0.25, 0.3) is 5.79 Å². The highest BCUT2D eigenvalue weighted by Gasteiger charge is 2.47. The first-order valence-electron chi connectivity index (χ1n) is 4.53. The van der Waals surface area contributed by atoms with Crippen molar-refractivity contribution in [3.05, 3.63) is 0 Å². The molecule has 72 valence electrons. The maximum Gasteiger partial charge on any atom is 0.320 e. The molecule has 1 spiro atoms. The Hall–Kier alpha value is -1.06. The van der Waals surface area contributed by atoms with E-state index >= 15 is 0 Å². The van der Waals surface area contributed by atoms with E-state index in [1.54, 1.807) is 0 Å². The summed E-state index contributed by atoms with van der Waals surface area (Å²) < 4.78 is 10.2. The number of ether oxygens (including phenoxy) is 2. The fourth-order valence-electron chi connectivity index (χ4n) is 2.01. The lowest BCUT2D eigenvalue weighted by molar-refractivity contribution is -0.242. The molecular formula is C9H12O4. The monoisotopic (exact) mass is 184 g/mol. The summed E-state index contributed by atoms with van der Waals surface area (Å²) in [4.78, 5) is 22.0. The van der Waals surface area contributed by atoms with Crippen molar-refractivity contribution in [3.63, 3.8) is 0 Å². The number of hydrogen-bond donors (Lipinski definition) is 0. The Morgan fingerprint density at radius 3 is 2.38 bits per heavy atom. The maximum absolute atomic E-state index is 11.0. The summed E-state index contributed by atoms with van der Waals surface area (Å²) in [7, 11) is 0. The van der Waals surface area contributed by atoms with Crippen molar-refractivity contribution in [2.75, 3.05) is 0 Å². The van der Waals surface area contributed by atoms with Crippen molar-refractivity contribution in [2.24, 2.45) is 5.92 Å². The van der Waals surface area contributed by atoms with Gasteiger partial charge in [-0.1, -0.05) is 6.92 Å². The molecule has 1 heterocycles. The van der Waals surface area contributed by atoms with Crippen LogP contribution in [0.5, 0.6) is 0 Å². The summed E-state index contributed by atoms with van der Waals surface area (Å²) in [5.41, 5.74) is 0. The largest absolute Gasteiger partial charge is 0.422 e. The summed E-state index contributed by atoms with van der Waals surface area (Å²) in [5.74, 6) is -1.36. The Labute approximate surface area is 76.2 Å². The number of esters is 2. The van der Waals surface area contributed by atoms with Crippen LogP contribution in [0, 0.1) is 5.92 Å². The van der Waals surface area contributed by atoms with Crippen molar-refractivity contribution in [2.45, 2.75) is 38.4 Å². The molecule has 1 saturated carbocycles. The summed E-state index contributed by atoms with van der Waals surface area (Å²) in [5, 5.41) is 0. The molecule has 0 aromatic carbocycles. The zero-order valence-electron chi connectivity index (χ0n) is 7.54. The lowest BCUT2D eigenvalue weighted by Gasteiger charge is -2.32. The quantitative estimate of drug-likeness (QED) is 0.416. The van der Waals surface area contributed by atoms with Crippen LogP contribution in [-0.2, 0) is 19.1 Å². The van der Waals surface area contributed by atoms with Gasteiger partial charge in [-0.25, -0.2) is 0 Å². The number of carbonyl (C=O) groups is 2. The molecule has 2 fully saturated rings. The van der Waals surface area contributed by atoms with Gasteiger partial charge in [0.2, 0.25) is 0 Å². The lowest BCUT2D eigenvalue weighted by Crippen LogP contribution is -2.43. The third-order valence-electron chi connectivity index (χ3n) is 2.57. The summed E-state index contributed by atoms with van der Waals surface area (Å²) in [6, 6.07) is 0. The smallest absolute Gasteiger partial charge is 0.320 e. The van der Waals surface area contributed by atoms with Crippen LogP contribution in [0.4, 0.5) is 0 Å². The van der Waals surface area contributed by atoms with E-state index in [0.29, 0.717) is 18.8 Å². The highest BCUT2D eigenvalue weighted by Crippen LogP contribution is 2.40. The van der Waals surface area contributed by atoms with Crippen molar-refractivity contribution in [1.29, 1.82) is 0 Å². The van der Waals surface area contributed by atoms with Crippen molar-refractivity contribution >= 4 is 11.9 Å². The molecule has 1 aliphatic heterocycles. The zero-order chi connectivity index (χ0) is 9.47. The van der Waals surface area contributed by atoms with Crippen molar-refractivity contribution in [1.82, 2.24) is 0 Å². The van der Waals surface area contributed by atoms with Gasteiger partial charge in [0.05, 0.1) is 0 Å². The zero-order valence-corrected chi connectivity index (χ0v) is 7.54. The fraction of sp³-hybridized carbons (Fsp3) is 0.778. The lowest BCUT2D eigenvalue weighted by atomic mass is 10.1. The highest BCUT2D eigenvalue weighted by molar-refractivity contribution is 5.93. The molecule has 0 radical (unpaired) electrons. The molecule has 0 bridgehead atoms. The van der Waals surface area contributed by atoms with Crippen LogP contribution in [0.2, 0.25) is 0 Å². The molecule has 1 saturated heterocycles. The van der Waals surface area contributed by atoms with Gasteiger partial charge in [-0.2, -0.15) is 0 Å². The molecule has 4 nitrogen and oxygen atoms in total. The Balaban J connectivity index is 2.14. The van der Waals surface area contributed by atoms with Gasteiger partial charge in [-0.3, -0.25) is 9.59 Å². The molecule has 0 amide bonds. The number of carbonyl (C=O) groups excluding carboxylic acids is 2. The van der Waals surface area contributed by atoms with Crippen molar-refractivity contribution in [3.8, 4) is 0 Å². The number of hydrogen-bond acceptors (Lipinski definition) is 4. The molecule has 2 rings (SSSR count). The van der Waals surface area contributed by atoms with Gasteiger partial charge in [0, 0.05) is 12.8 Å². The second-order valence-corrected chi connectivity index (χ2v) is 3.88. The molecular weight excluding hydrogens is 172 g/mol. The Bertz CT molecular complexity index is 242. The molecule has 4 heteroatoms. The van der Waals surface area contributed by atoms with Gasteiger partial charge in [-0.05, 0) is 12.3 Å². The van der Waals surface area contributed by atoms with Crippen LogP contribution in [0.3, 0.4) is 0 Å². The summed E-state index contributed by atoms with van der Waals surface area (Å²) >= 11 is 0. The third kappa shape index (κ3) is 1.53. The average Bonchev–Trinajstić information content (AvgIpc) is 2.28. The molecule has 1 atom stereocenters. The Kier molecular flexibility index (Phi) is 1.78. The minimum Gasteiger partial charge on any atom is -0.422 e.